The van der Waals surface area contributed by atoms with E-state index in [2.05, 4.69) is 0 Å². The average molecular weight is 231 g/mol. The van der Waals surface area contributed by atoms with Crippen molar-refractivity contribution in [1.82, 2.24) is 0 Å². The Labute approximate surface area is 93.9 Å². The highest BCUT2D eigenvalue weighted by Crippen LogP contribution is 2.55. The van der Waals surface area contributed by atoms with Crippen LogP contribution in [0.4, 0.5) is 0 Å². The van der Waals surface area contributed by atoms with E-state index in [4.69, 9.17) is 0 Å². The number of carbonyl (C=O) groups excluding carboxylic acids is 1. The van der Waals surface area contributed by atoms with E-state index in [9.17, 15) is 13.6 Å². The largest absolute Gasteiger partial charge is 0.772 e. The molecular formula is C11H19O3S-. The molecule has 3 nitrogen and oxygen atoms in total. The first-order chi connectivity index (χ1) is 6.78. The minimum absolute atomic E-state index is 0.0281. The van der Waals surface area contributed by atoms with E-state index in [1.807, 2.05) is 27.7 Å². The summed E-state index contributed by atoms with van der Waals surface area (Å²) in [4.78, 5) is 12.0. The second kappa shape index (κ2) is 3.98. The predicted octanol–water partition coefficient (Wildman–Crippen LogP) is 1.90. The molecule has 0 amide bonds. The van der Waals surface area contributed by atoms with Gasteiger partial charge < -0.3 is 4.55 Å². The van der Waals surface area contributed by atoms with E-state index in [1.54, 1.807) is 0 Å². The van der Waals surface area contributed by atoms with Crippen LogP contribution in [0.15, 0.2) is 0 Å². The molecule has 3 unspecified atom stereocenters. The maximum atomic E-state index is 12.0. The minimum Gasteiger partial charge on any atom is -0.772 e. The lowest BCUT2D eigenvalue weighted by Crippen LogP contribution is -2.44. The molecule has 1 aliphatic carbocycles. The van der Waals surface area contributed by atoms with Gasteiger partial charge in [0, 0.05) is 17.6 Å². The van der Waals surface area contributed by atoms with E-state index in [0.29, 0.717) is 12.8 Å². The van der Waals surface area contributed by atoms with Crippen molar-refractivity contribution in [3.05, 3.63) is 0 Å². The van der Waals surface area contributed by atoms with Crippen molar-refractivity contribution in [1.29, 1.82) is 0 Å². The molecule has 0 bridgehead atoms. The standard InChI is InChI=1S/C11H20O3S/c1-5-11(7-15(13)14)9(12)6-8(2)10(11,3)4/h8H,5-7H2,1-4H3,(H,13,14)/p-1. The van der Waals surface area contributed by atoms with Gasteiger partial charge in [-0.3, -0.25) is 9.00 Å². The second-order valence-electron chi connectivity index (χ2n) is 5.13. The van der Waals surface area contributed by atoms with E-state index < -0.39 is 16.5 Å². The van der Waals surface area contributed by atoms with Gasteiger partial charge in [-0.2, -0.15) is 0 Å². The van der Waals surface area contributed by atoms with Crippen LogP contribution in [0.3, 0.4) is 0 Å². The summed E-state index contributed by atoms with van der Waals surface area (Å²) in [6, 6.07) is 0. The highest BCUT2D eigenvalue weighted by Gasteiger charge is 2.57. The van der Waals surface area contributed by atoms with Crippen molar-refractivity contribution >= 4 is 16.9 Å². The summed E-state index contributed by atoms with van der Waals surface area (Å²) >= 11 is -2.15. The molecule has 1 fully saturated rings. The van der Waals surface area contributed by atoms with Crippen LogP contribution in [0.25, 0.3) is 0 Å². The second-order valence-corrected chi connectivity index (χ2v) is 6.03. The zero-order chi connectivity index (χ0) is 11.9. The van der Waals surface area contributed by atoms with Gasteiger partial charge in [-0.25, -0.2) is 0 Å². The Balaban J connectivity index is 3.15. The van der Waals surface area contributed by atoms with Gasteiger partial charge in [0.1, 0.15) is 5.78 Å². The van der Waals surface area contributed by atoms with E-state index in [0.717, 1.165) is 0 Å². The van der Waals surface area contributed by atoms with Crippen molar-refractivity contribution in [2.75, 3.05) is 5.75 Å². The number of hydrogen-bond acceptors (Lipinski definition) is 3. The average Bonchev–Trinajstić information content (AvgIpc) is 2.26. The van der Waals surface area contributed by atoms with Gasteiger partial charge in [0.25, 0.3) is 0 Å². The lowest BCUT2D eigenvalue weighted by Gasteiger charge is -2.42. The molecule has 0 aromatic heterocycles. The molecule has 4 heteroatoms. The smallest absolute Gasteiger partial charge is 0.140 e. The fourth-order valence-corrected chi connectivity index (χ4v) is 3.92. The van der Waals surface area contributed by atoms with Crippen molar-refractivity contribution < 1.29 is 13.6 Å². The van der Waals surface area contributed by atoms with Crippen molar-refractivity contribution in [3.8, 4) is 0 Å². The quantitative estimate of drug-likeness (QED) is 0.697. The molecule has 0 spiro atoms. The maximum Gasteiger partial charge on any atom is 0.140 e. The van der Waals surface area contributed by atoms with Crippen LogP contribution < -0.4 is 0 Å². The SMILES string of the molecule is CCC1(CS(=O)[O-])C(=O)CC(C)C1(C)C. The van der Waals surface area contributed by atoms with Crippen LogP contribution in [0.1, 0.15) is 40.5 Å². The normalized spacial score (nSPS) is 36.9. The van der Waals surface area contributed by atoms with E-state index in [-0.39, 0.29) is 22.9 Å². The van der Waals surface area contributed by atoms with Gasteiger partial charge in [0.05, 0.1) is 0 Å². The molecule has 3 atom stereocenters. The highest BCUT2D eigenvalue weighted by atomic mass is 32.2. The Morgan fingerprint density at radius 3 is 2.33 bits per heavy atom. The Morgan fingerprint density at radius 1 is 1.53 bits per heavy atom. The van der Waals surface area contributed by atoms with Crippen LogP contribution in [0, 0.1) is 16.7 Å². The summed E-state index contributed by atoms with van der Waals surface area (Å²) in [6.45, 7) is 7.96. The number of rotatable bonds is 3. The lowest BCUT2D eigenvalue weighted by atomic mass is 9.64. The molecular weight excluding hydrogens is 212 g/mol. The van der Waals surface area contributed by atoms with Crippen LogP contribution in [-0.4, -0.2) is 20.3 Å². The molecule has 15 heavy (non-hydrogen) atoms. The fraction of sp³-hybridized carbons (Fsp3) is 0.909. The summed E-state index contributed by atoms with van der Waals surface area (Å²) in [5.74, 6) is 0.347. The zero-order valence-electron chi connectivity index (χ0n) is 9.83. The van der Waals surface area contributed by atoms with Crippen molar-refractivity contribution in [3.63, 3.8) is 0 Å². The Kier molecular flexibility index (Phi) is 3.41. The molecule has 0 aromatic carbocycles. The molecule has 0 radical (unpaired) electrons. The predicted molar refractivity (Wildman–Crippen MR) is 59.1 cm³/mol. The van der Waals surface area contributed by atoms with Crippen LogP contribution in [0.5, 0.6) is 0 Å². The van der Waals surface area contributed by atoms with Crippen LogP contribution >= 0.6 is 0 Å². The van der Waals surface area contributed by atoms with Gasteiger partial charge in [-0.1, -0.05) is 38.8 Å². The number of hydrogen-bond donors (Lipinski definition) is 0. The zero-order valence-corrected chi connectivity index (χ0v) is 10.6. The number of ketones is 1. The van der Waals surface area contributed by atoms with Crippen LogP contribution in [-0.2, 0) is 15.9 Å². The molecule has 0 aromatic rings. The lowest BCUT2D eigenvalue weighted by molar-refractivity contribution is -0.128. The van der Waals surface area contributed by atoms with Gasteiger partial charge >= 0.3 is 0 Å². The molecule has 0 heterocycles. The summed E-state index contributed by atoms with van der Waals surface area (Å²) in [7, 11) is 0. The van der Waals surface area contributed by atoms with E-state index >= 15 is 0 Å². The van der Waals surface area contributed by atoms with E-state index in [1.165, 1.54) is 0 Å². The topological polar surface area (TPSA) is 57.2 Å². The molecule has 1 aliphatic rings. The summed E-state index contributed by atoms with van der Waals surface area (Å²) < 4.78 is 21.8. The van der Waals surface area contributed by atoms with Gasteiger partial charge in [0.2, 0.25) is 0 Å². The number of carbonyl (C=O) groups is 1. The van der Waals surface area contributed by atoms with Crippen molar-refractivity contribution in [2.24, 2.45) is 16.7 Å². The van der Waals surface area contributed by atoms with Gasteiger partial charge in [-0.05, 0) is 17.8 Å². The molecule has 88 valence electrons. The third-order valence-electron chi connectivity index (χ3n) is 4.46. The first-order valence-electron chi connectivity index (χ1n) is 5.37. The monoisotopic (exact) mass is 231 g/mol. The first kappa shape index (κ1) is 12.8. The van der Waals surface area contributed by atoms with Gasteiger partial charge in [0.15, 0.2) is 0 Å². The fourth-order valence-electron chi connectivity index (χ4n) is 2.78. The summed E-state index contributed by atoms with van der Waals surface area (Å²) in [5, 5.41) is 0. The summed E-state index contributed by atoms with van der Waals surface area (Å²) in [6.07, 6.45) is 1.12. The molecule has 0 N–H and O–H groups in total. The Morgan fingerprint density at radius 2 is 2.07 bits per heavy atom. The molecule has 0 aliphatic heterocycles. The van der Waals surface area contributed by atoms with Crippen LogP contribution in [0.2, 0.25) is 0 Å². The first-order valence-corrected chi connectivity index (χ1v) is 6.61. The third kappa shape index (κ3) is 1.78. The van der Waals surface area contributed by atoms with Crippen molar-refractivity contribution in [2.45, 2.75) is 40.5 Å². The Hall–Kier alpha value is -0.220. The summed E-state index contributed by atoms with van der Waals surface area (Å²) in [5.41, 5.74) is -0.891. The Bertz CT molecular complexity index is 298. The third-order valence-corrected chi connectivity index (χ3v) is 5.19. The molecule has 0 saturated heterocycles. The molecule has 1 saturated carbocycles. The maximum absolute atomic E-state index is 12.0. The minimum atomic E-state index is -2.15. The molecule has 1 rings (SSSR count). The highest BCUT2D eigenvalue weighted by molar-refractivity contribution is 7.79. The van der Waals surface area contributed by atoms with Gasteiger partial charge in [-0.15, -0.1) is 0 Å². The number of Topliss-reactive ketones (excluding diaryl/α,β-unsaturated/α-hetero) is 1.